The molecule has 0 bridgehead atoms. The van der Waals surface area contributed by atoms with Crippen molar-refractivity contribution in [2.24, 2.45) is 5.73 Å². The van der Waals surface area contributed by atoms with E-state index in [0.29, 0.717) is 23.5 Å². The number of nitrogens with two attached hydrogens (primary N) is 1. The zero-order chi connectivity index (χ0) is 16.9. The van der Waals surface area contributed by atoms with Crippen LogP contribution in [0.4, 0.5) is 0 Å². The Labute approximate surface area is 144 Å². The predicted octanol–water partition coefficient (Wildman–Crippen LogP) is 3.39. The summed E-state index contributed by atoms with van der Waals surface area (Å²) in [5.74, 6) is 2.93. The Bertz CT molecular complexity index is 888. The van der Waals surface area contributed by atoms with Crippen molar-refractivity contribution in [2.75, 3.05) is 0 Å². The number of hydrogen-bond acceptors (Lipinski definition) is 7. The van der Waals surface area contributed by atoms with Crippen LogP contribution in [0.2, 0.25) is 0 Å². The first-order chi connectivity index (χ1) is 12.2. The highest BCUT2D eigenvalue weighted by Gasteiger charge is 2.36. The van der Waals surface area contributed by atoms with Gasteiger partial charge in [0.25, 0.3) is 11.8 Å². The van der Waals surface area contributed by atoms with Crippen LogP contribution in [0, 0.1) is 0 Å². The lowest BCUT2D eigenvalue weighted by molar-refractivity contribution is 0.372. The van der Waals surface area contributed by atoms with Crippen molar-refractivity contribution in [3.8, 4) is 22.9 Å². The summed E-state index contributed by atoms with van der Waals surface area (Å²) in [5, 5.41) is 8.15. The smallest absolute Gasteiger partial charge is 0.257 e. The fraction of sp³-hybridized carbons (Fsp3) is 0.444. The molecule has 2 N–H and O–H groups in total. The van der Waals surface area contributed by atoms with Gasteiger partial charge in [0.1, 0.15) is 0 Å². The summed E-state index contributed by atoms with van der Waals surface area (Å²) in [6.45, 7) is 0. The topological polar surface area (TPSA) is 104 Å². The lowest BCUT2D eigenvalue weighted by atomic mass is 9.99. The first kappa shape index (κ1) is 14.8. The summed E-state index contributed by atoms with van der Waals surface area (Å²) in [7, 11) is 0. The van der Waals surface area contributed by atoms with E-state index in [1.807, 2.05) is 24.3 Å². The summed E-state index contributed by atoms with van der Waals surface area (Å²) in [5.41, 5.74) is 7.69. The summed E-state index contributed by atoms with van der Waals surface area (Å²) in [6.07, 6.45) is 6.35. The Balaban J connectivity index is 1.38. The Morgan fingerprint density at radius 3 is 2.12 bits per heavy atom. The normalized spacial score (nSPS) is 19.4. The van der Waals surface area contributed by atoms with Crippen LogP contribution in [-0.4, -0.2) is 20.3 Å². The van der Waals surface area contributed by atoms with E-state index in [0.717, 1.165) is 55.5 Å². The van der Waals surface area contributed by atoms with Gasteiger partial charge in [-0.3, -0.25) is 0 Å². The molecular formula is C18H19N5O2. The Morgan fingerprint density at radius 2 is 1.48 bits per heavy atom. The summed E-state index contributed by atoms with van der Waals surface area (Å²) >= 11 is 0. The number of rotatable bonds is 4. The molecule has 2 saturated carbocycles. The van der Waals surface area contributed by atoms with Gasteiger partial charge in [0.15, 0.2) is 11.6 Å². The van der Waals surface area contributed by atoms with E-state index in [1.165, 1.54) is 0 Å². The maximum absolute atomic E-state index is 6.39. The van der Waals surface area contributed by atoms with Crippen molar-refractivity contribution >= 4 is 0 Å². The Morgan fingerprint density at radius 1 is 0.880 bits per heavy atom. The predicted molar refractivity (Wildman–Crippen MR) is 89.3 cm³/mol. The first-order valence-electron chi connectivity index (χ1n) is 8.79. The SMILES string of the molecule is NC1(c2noc(-c3ccc(-c4nc(C5CC5)no4)cc3)n2)CCCC1. The molecule has 2 fully saturated rings. The van der Waals surface area contributed by atoms with E-state index in [-0.39, 0.29) is 0 Å². The molecule has 0 saturated heterocycles. The molecule has 0 unspecified atom stereocenters. The fourth-order valence-corrected chi connectivity index (χ4v) is 3.39. The number of hydrogen-bond donors (Lipinski definition) is 1. The van der Waals surface area contributed by atoms with Crippen molar-refractivity contribution < 1.29 is 9.05 Å². The number of aromatic nitrogens is 4. The quantitative estimate of drug-likeness (QED) is 0.778. The van der Waals surface area contributed by atoms with E-state index < -0.39 is 5.54 Å². The van der Waals surface area contributed by atoms with E-state index >= 15 is 0 Å². The van der Waals surface area contributed by atoms with Gasteiger partial charge in [0.2, 0.25) is 0 Å². The molecule has 25 heavy (non-hydrogen) atoms. The monoisotopic (exact) mass is 337 g/mol. The average Bonchev–Trinajstić information content (AvgIpc) is 3.07. The summed E-state index contributed by atoms with van der Waals surface area (Å²) < 4.78 is 10.8. The number of nitrogens with zero attached hydrogens (tertiary/aromatic N) is 4. The lowest BCUT2D eigenvalue weighted by Gasteiger charge is -2.17. The third kappa shape index (κ3) is 2.64. The van der Waals surface area contributed by atoms with Gasteiger partial charge in [-0.05, 0) is 49.9 Å². The Hall–Kier alpha value is -2.54. The minimum absolute atomic E-state index is 0.440. The largest absolute Gasteiger partial charge is 0.334 e. The van der Waals surface area contributed by atoms with Crippen molar-refractivity contribution in [3.05, 3.63) is 35.9 Å². The maximum atomic E-state index is 6.39. The van der Waals surface area contributed by atoms with Gasteiger partial charge in [-0.15, -0.1) is 0 Å². The van der Waals surface area contributed by atoms with E-state index in [4.69, 9.17) is 14.8 Å². The first-order valence-corrected chi connectivity index (χ1v) is 8.79. The van der Waals surface area contributed by atoms with Crippen LogP contribution in [0.3, 0.4) is 0 Å². The second-order valence-corrected chi connectivity index (χ2v) is 7.10. The van der Waals surface area contributed by atoms with Crippen LogP contribution in [-0.2, 0) is 5.54 Å². The molecule has 0 spiro atoms. The molecule has 7 heteroatoms. The maximum Gasteiger partial charge on any atom is 0.257 e. The van der Waals surface area contributed by atoms with Gasteiger partial charge in [0.05, 0.1) is 5.54 Å². The third-order valence-corrected chi connectivity index (χ3v) is 5.13. The van der Waals surface area contributed by atoms with Crippen LogP contribution >= 0.6 is 0 Å². The molecule has 0 aliphatic heterocycles. The molecular weight excluding hydrogens is 318 g/mol. The second kappa shape index (κ2) is 5.49. The molecule has 0 atom stereocenters. The van der Waals surface area contributed by atoms with E-state index in [9.17, 15) is 0 Å². The van der Waals surface area contributed by atoms with Gasteiger partial charge in [-0.2, -0.15) is 9.97 Å². The molecule has 0 radical (unpaired) electrons. The summed E-state index contributed by atoms with van der Waals surface area (Å²) in [4.78, 5) is 8.98. The minimum atomic E-state index is -0.440. The molecule has 0 amide bonds. The van der Waals surface area contributed by atoms with Gasteiger partial charge in [-0.25, -0.2) is 0 Å². The average molecular weight is 337 g/mol. The van der Waals surface area contributed by atoms with Crippen molar-refractivity contribution in [1.29, 1.82) is 0 Å². The number of benzene rings is 1. The van der Waals surface area contributed by atoms with E-state index in [2.05, 4.69) is 20.3 Å². The van der Waals surface area contributed by atoms with Gasteiger partial charge < -0.3 is 14.8 Å². The third-order valence-electron chi connectivity index (χ3n) is 5.13. The fourth-order valence-electron chi connectivity index (χ4n) is 3.39. The summed E-state index contributed by atoms with van der Waals surface area (Å²) in [6, 6.07) is 7.70. The van der Waals surface area contributed by atoms with Crippen molar-refractivity contribution in [2.45, 2.75) is 50.0 Å². The minimum Gasteiger partial charge on any atom is -0.334 e. The van der Waals surface area contributed by atoms with Gasteiger partial charge in [0, 0.05) is 17.0 Å². The van der Waals surface area contributed by atoms with Crippen LogP contribution in [0.15, 0.2) is 33.3 Å². The van der Waals surface area contributed by atoms with Crippen LogP contribution in [0.1, 0.15) is 56.1 Å². The van der Waals surface area contributed by atoms with Gasteiger partial charge >= 0.3 is 0 Å². The Kier molecular flexibility index (Phi) is 3.24. The molecule has 1 aromatic carbocycles. The molecule has 3 aromatic rings. The molecule has 128 valence electrons. The molecule has 2 aliphatic carbocycles. The molecule has 7 nitrogen and oxygen atoms in total. The van der Waals surface area contributed by atoms with Crippen LogP contribution < -0.4 is 5.73 Å². The molecule has 2 aliphatic rings. The second-order valence-electron chi connectivity index (χ2n) is 7.10. The van der Waals surface area contributed by atoms with Crippen molar-refractivity contribution in [1.82, 2.24) is 20.3 Å². The lowest BCUT2D eigenvalue weighted by Crippen LogP contribution is -2.34. The van der Waals surface area contributed by atoms with Gasteiger partial charge in [-0.1, -0.05) is 23.2 Å². The highest BCUT2D eigenvalue weighted by Crippen LogP contribution is 2.39. The highest BCUT2D eigenvalue weighted by atomic mass is 16.5. The zero-order valence-corrected chi connectivity index (χ0v) is 13.8. The molecule has 5 rings (SSSR count). The standard InChI is InChI=1S/C18H19N5O2/c19-18(9-1-2-10-18)17-21-16(25-23-17)13-7-5-12(6-8-13)15-20-14(22-24-15)11-3-4-11/h5-8,11H,1-4,9-10,19H2. The van der Waals surface area contributed by atoms with Crippen LogP contribution in [0.5, 0.6) is 0 Å². The molecule has 2 heterocycles. The molecule has 2 aromatic heterocycles. The zero-order valence-electron chi connectivity index (χ0n) is 13.8. The van der Waals surface area contributed by atoms with Crippen molar-refractivity contribution in [3.63, 3.8) is 0 Å². The van der Waals surface area contributed by atoms with E-state index in [1.54, 1.807) is 0 Å². The van der Waals surface area contributed by atoms with Crippen LogP contribution in [0.25, 0.3) is 22.9 Å². The highest BCUT2D eigenvalue weighted by molar-refractivity contribution is 5.61.